The molecule has 1 aromatic carbocycles. The molecule has 0 aliphatic carbocycles. The van der Waals surface area contributed by atoms with E-state index in [2.05, 4.69) is 5.10 Å². The lowest BCUT2D eigenvalue weighted by atomic mass is 10.2. The van der Waals surface area contributed by atoms with Crippen molar-refractivity contribution in [2.75, 3.05) is 0 Å². The van der Waals surface area contributed by atoms with Crippen LogP contribution in [0.4, 0.5) is 4.79 Å². The normalized spacial score (nSPS) is 12.2. The van der Waals surface area contributed by atoms with E-state index in [1.165, 1.54) is 25.3 Å². The number of nitrogens with one attached hydrogen (secondary N) is 1. The first kappa shape index (κ1) is 16.1. The van der Waals surface area contributed by atoms with E-state index in [4.69, 9.17) is 38.8 Å². The van der Waals surface area contributed by atoms with E-state index in [9.17, 15) is 9.59 Å². The monoisotopic (exact) mass is 319 g/mol. The second kappa shape index (κ2) is 6.97. The van der Waals surface area contributed by atoms with Gasteiger partial charge in [0, 0.05) is 0 Å². The summed E-state index contributed by atoms with van der Waals surface area (Å²) in [4.78, 5) is 21.1. The van der Waals surface area contributed by atoms with Gasteiger partial charge in [0.25, 0.3) is 0 Å². The Labute approximate surface area is 124 Å². The second-order valence-electron chi connectivity index (χ2n) is 3.65. The molecule has 0 aromatic heterocycles. The molecule has 7 nitrogen and oxygen atoms in total. The van der Waals surface area contributed by atoms with E-state index in [0.717, 1.165) is 0 Å². The topological polar surface area (TPSA) is 114 Å². The molecule has 0 aliphatic rings. The Morgan fingerprint density at radius 3 is 2.45 bits per heavy atom. The molecule has 9 heteroatoms. The van der Waals surface area contributed by atoms with Crippen LogP contribution in [0.15, 0.2) is 17.2 Å². The lowest BCUT2D eigenvalue weighted by Crippen LogP contribution is -2.24. The van der Waals surface area contributed by atoms with Gasteiger partial charge in [0.15, 0.2) is 11.9 Å². The number of hydrogen-bond donors (Lipinski definition) is 3. The highest BCUT2D eigenvalue weighted by Gasteiger charge is 2.17. The first-order chi connectivity index (χ1) is 9.31. The van der Waals surface area contributed by atoms with Crippen LogP contribution in [-0.2, 0) is 4.79 Å². The lowest BCUT2D eigenvalue weighted by Gasteiger charge is -2.13. The molecule has 1 unspecified atom stereocenters. The molecule has 20 heavy (non-hydrogen) atoms. The molecule has 1 aromatic rings. The zero-order chi connectivity index (χ0) is 15.3. The number of urea groups is 1. The van der Waals surface area contributed by atoms with Crippen LogP contribution in [0.5, 0.6) is 5.75 Å². The van der Waals surface area contributed by atoms with Crippen molar-refractivity contribution in [3.63, 3.8) is 0 Å². The van der Waals surface area contributed by atoms with Crippen molar-refractivity contribution in [2.45, 2.75) is 13.0 Å². The predicted molar refractivity (Wildman–Crippen MR) is 74.5 cm³/mol. The van der Waals surface area contributed by atoms with Crippen molar-refractivity contribution in [3.8, 4) is 5.75 Å². The molecule has 0 heterocycles. The summed E-state index contributed by atoms with van der Waals surface area (Å²) in [6.45, 7) is 1.35. The molecule has 0 fully saturated rings. The number of carboxylic acid groups (broad SMARTS) is 1. The molecule has 0 saturated carbocycles. The Morgan fingerprint density at radius 2 is 2.00 bits per heavy atom. The number of benzene rings is 1. The summed E-state index contributed by atoms with van der Waals surface area (Å²) < 4.78 is 5.14. The Bertz CT molecular complexity index is 540. The Kier molecular flexibility index (Phi) is 5.60. The SMILES string of the molecule is CC(Oc1c(Cl)cc(C=NNC(N)=O)cc1Cl)C(=O)O. The van der Waals surface area contributed by atoms with Gasteiger partial charge in [-0.2, -0.15) is 5.10 Å². The molecule has 0 spiro atoms. The number of hydrazone groups is 1. The summed E-state index contributed by atoms with van der Waals surface area (Å²) in [5, 5.41) is 12.5. The van der Waals surface area contributed by atoms with Crippen LogP contribution in [0.2, 0.25) is 10.0 Å². The van der Waals surface area contributed by atoms with Gasteiger partial charge in [0.05, 0.1) is 16.3 Å². The Hall–Kier alpha value is -1.99. The van der Waals surface area contributed by atoms with Crippen LogP contribution in [-0.4, -0.2) is 29.4 Å². The number of nitrogens with zero attached hydrogens (tertiary/aromatic N) is 1. The highest BCUT2D eigenvalue weighted by atomic mass is 35.5. The highest BCUT2D eigenvalue weighted by molar-refractivity contribution is 6.37. The quantitative estimate of drug-likeness (QED) is 0.567. The molecule has 108 valence electrons. The third-order valence-electron chi connectivity index (χ3n) is 2.05. The number of hydrogen-bond acceptors (Lipinski definition) is 4. The molecule has 0 radical (unpaired) electrons. The van der Waals surface area contributed by atoms with Crippen LogP contribution >= 0.6 is 23.2 Å². The summed E-state index contributed by atoms with van der Waals surface area (Å²) >= 11 is 11.9. The summed E-state index contributed by atoms with van der Waals surface area (Å²) in [5.74, 6) is -1.09. The van der Waals surface area contributed by atoms with Gasteiger partial charge in [-0.25, -0.2) is 15.0 Å². The fraction of sp³-hybridized carbons (Fsp3) is 0.182. The molecule has 1 atom stereocenters. The van der Waals surface area contributed by atoms with Gasteiger partial charge in [0.1, 0.15) is 0 Å². The van der Waals surface area contributed by atoms with Gasteiger partial charge in [-0.15, -0.1) is 0 Å². The van der Waals surface area contributed by atoms with E-state index in [1.807, 2.05) is 5.43 Å². The van der Waals surface area contributed by atoms with E-state index >= 15 is 0 Å². The van der Waals surface area contributed by atoms with Crippen LogP contribution in [0, 0.1) is 0 Å². The minimum absolute atomic E-state index is 0.0586. The first-order valence-corrected chi connectivity index (χ1v) is 6.04. The number of rotatable bonds is 5. The molecular formula is C11H11Cl2N3O4. The molecule has 1 rings (SSSR count). The average Bonchev–Trinajstić information content (AvgIpc) is 2.32. The number of carbonyl (C=O) groups excluding carboxylic acids is 1. The standard InChI is InChI=1S/C11H11Cl2N3O4/c1-5(10(17)18)20-9-7(12)2-6(3-8(9)13)4-15-16-11(14)19/h2-5H,1H3,(H,17,18)(H3,14,16,19). The van der Waals surface area contributed by atoms with E-state index in [-0.39, 0.29) is 15.8 Å². The maximum atomic E-state index is 10.7. The number of carboxylic acids is 1. The number of carbonyl (C=O) groups is 2. The number of amides is 2. The summed E-state index contributed by atoms with van der Waals surface area (Å²) in [7, 11) is 0. The van der Waals surface area contributed by atoms with Crippen LogP contribution in [0.3, 0.4) is 0 Å². The van der Waals surface area contributed by atoms with Gasteiger partial charge in [0.2, 0.25) is 0 Å². The zero-order valence-corrected chi connectivity index (χ0v) is 11.8. The van der Waals surface area contributed by atoms with E-state index in [0.29, 0.717) is 5.56 Å². The largest absolute Gasteiger partial charge is 0.479 e. The number of ether oxygens (including phenoxy) is 1. The van der Waals surface area contributed by atoms with Gasteiger partial charge in [-0.3, -0.25) is 0 Å². The zero-order valence-electron chi connectivity index (χ0n) is 10.3. The van der Waals surface area contributed by atoms with Crippen molar-refractivity contribution in [1.82, 2.24) is 5.43 Å². The molecule has 2 amide bonds. The third-order valence-corrected chi connectivity index (χ3v) is 2.61. The summed E-state index contributed by atoms with van der Waals surface area (Å²) in [6.07, 6.45) is 0.175. The van der Waals surface area contributed by atoms with Crippen LogP contribution in [0.1, 0.15) is 12.5 Å². The summed E-state index contributed by atoms with van der Waals surface area (Å²) in [5.41, 5.74) is 7.32. The van der Waals surface area contributed by atoms with Gasteiger partial charge >= 0.3 is 12.0 Å². The van der Waals surface area contributed by atoms with Crippen LogP contribution in [0.25, 0.3) is 0 Å². The lowest BCUT2D eigenvalue weighted by molar-refractivity contribution is -0.144. The van der Waals surface area contributed by atoms with Crippen molar-refractivity contribution in [2.24, 2.45) is 10.8 Å². The minimum Gasteiger partial charge on any atom is -0.479 e. The van der Waals surface area contributed by atoms with Gasteiger partial charge in [-0.05, 0) is 24.6 Å². The van der Waals surface area contributed by atoms with Crippen molar-refractivity contribution in [3.05, 3.63) is 27.7 Å². The fourth-order valence-corrected chi connectivity index (χ4v) is 1.76. The maximum absolute atomic E-state index is 10.7. The average molecular weight is 320 g/mol. The number of halogens is 2. The van der Waals surface area contributed by atoms with Crippen LogP contribution < -0.4 is 15.9 Å². The first-order valence-electron chi connectivity index (χ1n) is 5.28. The maximum Gasteiger partial charge on any atom is 0.344 e. The van der Waals surface area contributed by atoms with Gasteiger partial charge in [-0.1, -0.05) is 23.2 Å². The third kappa shape index (κ3) is 4.60. The smallest absolute Gasteiger partial charge is 0.344 e. The highest BCUT2D eigenvalue weighted by Crippen LogP contribution is 2.34. The number of aliphatic carboxylic acids is 1. The molecule has 4 N–H and O–H groups in total. The fourth-order valence-electron chi connectivity index (χ4n) is 1.16. The Balaban J connectivity index is 2.94. The Morgan fingerprint density at radius 1 is 1.45 bits per heavy atom. The summed E-state index contributed by atoms with van der Waals surface area (Å²) in [6, 6.07) is 2.08. The van der Waals surface area contributed by atoms with Crippen molar-refractivity contribution < 1.29 is 19.4 Å². The minimum atomic E-state index is -1.14. The number of primary amides is 1. The number of nitrogens with two attached hydrogens (primary N) is 1. The second-order valence-corrected chi connectivity index (χ2v) is 4.46. The molecular weight excluding hydrogens is 309 g/mol. The predicted octanol–water partition coefficient (Wildman–Crippen LogP) is 1.85. The van der Waals surface area contributed by atoms with Crippen molar-refractivity contribution >= 4 is 41.4 Å². The molecule has 0 aliphatic heterocycles. The molecule has 0 bridgehead atoms. The van der Waals surface area contributed by atoms with E-state index < -0.39 is 18.1 Å². The van der Waals surface area contributed by atoms with Crippen molar-refractivity contribution in [1.29, 1.82) is 0 Å². The van der Waals surface area contributed by atoms with E-state index in [1.54, 1.807) is 0 Å². The van der Waals surface area contributed by atoms with Gasteiger partial charge < -0.3 is 15.6 Å². The molecule has 0 saturated heterocycles.